The summed E-state index contributed by atoms with van der Waals surface area (Å²) in [6.45, 7) is 7.65. The van der Waals surface area contributed by atoms with Crippen LogP contribution in [0.5, 0.6) is 23.0 Å². The van der Waals surface area contributed by atoms with Crippen molar-refractivity contribution in [1.82, 2.24) is 4.90 Å². The fraction of sp³-hybridized carbons (Fsp3) is 0.486. The molecule has 0 unspecified atom stereocenters. The maximum absolute atomic E-state index is 6.84. The van der Waals surface area contributed by atoms with Crippen LogP contribution in [0.15, 0.2) is 48.5 Å². The molecule has 0 radical (unpaired) electrons. The van der Waals surface area contributed by atoms with E-state index in [1.54, 1.807) is 0 Å². The molecule has 0 aromatic heterocycles. The summed E-state index contributed by atoms with van der Waals surface area (Å²) in [6.07, 6.45) is 10.3. The SMILES string of the molecule is Cc1c(COc2cc(OCC3CCCCC3)c(CN3CCCCC3)cc2Cl)cccc1-c1ccc2c(c1)OCCO2. The van der Waals surface area contributed by atoms with Gasteiger partial charge in [0.05, 0.1) is 11.6 Å². The zero-order chi connectivity index (χ0) is 28.0. The van der Waals surface area contributed by atoms with E-state index in [-0.39, 0.29) is 0 Å². The molecule has 3 aromatic carbocycles. The molecule has 1 saturated carbocycles. The minimum Gasteiger partial charge on any atom is -0.493 e. The van der Waals surface area contributed by atoms with Crippen LogP contribution in [0, 0.1) is 12.8 Å². The van der Waals surface area contributed by atoms with Crippen LogP contribution >= 0.6 is 11.6 Å². The first-order valence-electron chi connectivity index (χ1n) is 15.4. The molecule has 1 aliphatic carbocycles. The highest BCUT2D eigenvalue weighted by atomic mass is 35.5. The number of fused-ring (bicyclic) bond motifs is 1. The van der Waals surface area contributed by atoms with Gasteiger partial charge in [-0.1, -0.05) is 61.5 Å². The van der Waals surface area contributed by atoms with E-state index in [0.717, 1.165) is 65.7 Å². The van der Waals surface area contributed by atoms with Gasteiger partial charge in [0.1, 0.15) is 31.3 Å². The molecule has 3 aliphatic rings. The lowest BCUT2D eigenvalue weighted by Crippen LogP contribution is -2.29. The number of nitrogens with zero attached hydrogens (tertiary/aromatic N) is 1. The molecule has 2 heterocycles. The third-order valence-electron chi connectivity index (χ3n) is 8.84. The van der Waals surface area contributed by atoms with Gasteiger partial charge in [0, 0.05) is 18.2 Å². The molecule has 2 aliphatic heterocycles. The second kappa shape index (κ2) is 13.4. The van der Waals surface area contributed by atoms with Gasteiger partial charge in [-0.3, -0.25) is 4.90 Å². The number of hydrogen-bond acceptors (Lipinski definition) is 5. The number of ether oxygens (including phenoxy) is 4. The molecule has 41 heavy (non-hydrogen) atoms. The van der Waals surface area contributed by atoms with Gasteiger partial charge in [0.25, 0.3) is 0 Å². The van der Waals surface area contributed by atoms with Gasteiger partial charge in [-0.2, -0.15) is 0 Å². The lowest BCUT2D eigenvalue weighted by atomic mass is 9.90. The second-order valence-electron chi connectivity index (χ2n) is 11.8. The minimum absolute atomic E-state index is 0.428. The number of piperidine rings is 1. The van der Waals surface area contributed by atoms with Gasteiger partial charge in [-0.15, -0.1) is 0 Å². The number of rotatable bonds is 9. The molecule has 2 fully saturated rings. The Morgan fingerprint density at radius 2 is 1.59 bits per heavy atom. The van der Waals surface area contributed by atoms with E-state index in [1.165, 1.54) is 56.9 Å². The maximum Gasteiger partial charge on any atom is 0.161 e. The van der Waals surface area contributed by atoms with Crippen LogP contribution in [0.3, 0.4) is 0 Å². The Bertz CT molecular complexity index is 1330. The summed E-state index contributed by atoms with van der Waals surface area (Å²) in [5.41, 5.74) is 5.72. The Balaban J connectivity index is 1.20. The first-order chi connectivity index (χ1) is 20.1. The zero-order valence-corrected chi connectivity index (χ0v) is 25.0. The lowest BCUT2D eigenvalue weighted by molar-refractivity contribution is 0.171. The van der Waals surface area contributed by atoms with Crippen molar-refractivity contribution in [2.24, 2.45) is 5.92 Å². The zero-order valence-electron chi connectivity index (χ0n) is 24.3. The molecular weight excluding hydrogens is 534 g/mol. The first kappa shape index (κ1) is 28.2. The highest BCUT2D eigenvalue weighted by Gasteiger charge is 2.20. The van der Waals surface area contributed by atoms with Crippen molar-refractivity contribution in [1.29, 1.82) is 0 Å². The van der Waals surface area contributed by atoms with E-state index in [1.807, 2.05) is 12.1 Å². The molecule has 6 rings (SSSR count). The Morgan fingerprint density at radius 3 is 2.41 bits per heavy atom. The van der Waals surface area contributed by atoms with E-state index >= 15 is 0 Å². The van der Waals surface area contributed by atoms with Crippen molar-refractivity contribution in [3.63, 3.8) is 0 Å². The van der Waals surface area contributed by atoms with Crippen molar-refractivity contribution >= 4 is 11.6 Å². The van der Waals surface area contributed by atoms with Gasteiger partial charge in [-0.05, 0) is 92.1 Å². The van der Waals surface area contributed by atoms with Crippen molar-refractivity contribution in [3.05, 3.63) is 70.2 Å². The van der Waals surface area contributed by atoms with Gasteiger partial charge in [-0.25, -0.2) is 0 Å². The van der Waals surface area contributed by atoms with Gasteiger partial charge in [0.2, 0.25) is 0 Å². The third kappa shape index (κ3) is 6.95. The lowest BCUT2D eigenvalue weighted by Gasteiger charge is -2.28. The smallest absolute Gasteiger partial charge is 0.161 e. The van der Waals surface area contributed by atoms with E-state index in [9.17, 15) is 0 Å². The summed E-state index contributed by atoms with van der Waals surface area (Å²) < 4.78 is 24.4. The minimum atomic E-state index is 0.428. The molecular formula is C35H42ClNO4. The first-order valence-corrected chi connectivity index (χ1v) is 15.8. The summed E-state index contributed by atoms with van der Waals surface area (Å²) in [5.74, 6) is 3.83. The van der Waals surface area contributed by atoms with Crippen LogP contribution in [0.2, 0.25) is 5.02 Å². The van der Waals surface area contributed by atoms with Crippen molar-refractivity contribution in [3.8, 4) is 34.1 Å². The van der Waals surface area contributed by atoms with Crippen LogP contribution in [-0.2, 0) is 13.2 Å². The van der Waals surface area contributed by atoms with Gasteiger partial charge in [0.15, 0.2) is 11.5 Å². The number of halogens is 1. The van der Waals surface area contributed by atoms with Crippen LogP contribution in [-0.4, -0.2) is 37.8 Å². The highest BCUT2D eigenvalue weighted by Crippen LogP contribution is 2.38. The van der Waals surface area contributed by atoms with Gasteiger partial charge < -0.3 is 18.9 Å². The molecule has 0 amide bonds. The summed E-state index contributed by atoms with van der Waals surface area (Å²) in [7, 11) is 0. The monoisotopic (exact) mass is 575 g/mol. The van der Waals surface area contributed by atoms with Crippen LogP contribution < -0.4 is 18.9 Å². The molecule has 218 valence electrons. The molecule has 3 aromatic rings. The second-order valence-corrected chi connectivity index (χ2v) is 12.2. The van der Waals surface area contributed by atoms with E-state index < -0.39 is 0 Å². The van der Waals surface area contributed by atoms with Crippen molar-refractivity contribution in [2.75, 3.05) is 32.9 Å². The summed E-state index contributed by atoms with van der Waals surface area (Å²) in [6, 6.07) is 16.6. The summed E-state index contributed by atoms with van der Waals surface area (Å²) >= 11 is 6.84. The average molecular weight is 576 g/mol. The van der Waals surface area contributed by atoms with E-state index in [2.05, 4.69) is 48.2 Å². The largest absolute Gasteiger partial charge is 0.493 e. The maximum atomic E-state index is 6.84. The van der Waals surface area contributed by atoms with Crippen molar-refractivity contribution in [2.45, 2.75) is 71.4 Å². The average Bonchev–Trinajstić information content (AvgIpc) is 3.01. The fourth-order valence-electron chi connectivity index (χ4n) is 6.38. The number of hydrogen-bond donors (Lipinski definition) is 0. The molecule has 0 bridgehead atoms. The van der Waals surface area contributed by atoms with Crippen molar-refractivity contribution < 1.29 is 18.9 Å². The molecule has 0 atom stereocenters. The van der Waals surface area contributed by atoms with E-state index in [4.69, 9.17) is 30.5 Å². The third-order valence-corrected chi connectivity index (χ3v) is 9.13. The molecule has 6 heteroatoms. The topological polar surface area (TPSA) is 40.2 Å². The summed E-state index contributed by atoms with van der Waals surface area (Å²) in [5, 5.41) is 0.641. The van der Waals surface area contributed by atoms with Crippen LogP contribution in [0.25, 0.3) is 11.1 Å². The Morgan fingerprint density at radius 1 is 0.805 bits per heavy atom. The Labute approximate surface area is 249 Å². The molecule has 0 N–H and O–H groups in total. The predicted octanol–water partition coefficient (Wildman–Crippen LogP) is 8.61. The van der Waals surface area contributed by atoms with Gasteiger partial charge >= 0.3 is 0 Å². The Hall–Kier alpha value is -2.89. The van der Waals surface area contributed by atoms with Crippen LogP contribution in [0.1, 0.15) is 68.1 Å². The highest BCUT2D eigenvalue weighted by molar-refractivity contribution is 6.32. The molecule has 5 nitrogen and oxygen atoms in total. The number of benzene rings is 3. The quantitative estimate of drug-likeness (QED) is 0.255. The van der Waals surface area contributed by atoms with E-state index in [0.29, 0.717) is 36.5 Å². The molecule has 1 saturated heterocycles. The predicted molar refractivity (Wildman–Crippen MR) is 165 cm³/mol. The Kier molecular flexibility index (Phi) is 9.22. The normalized spacial score (nSPS) is 17.8. The number of likely N-dealkylation sites (tertiary alicyclic amines) is 1. The summed E-state index contributed by atoms with van der Waals surface area (Å²) in [4.78, 5) is 2.52. The molecule has 0 spiro atoms. The van der Waals surface area contributed by atoms with Crippen LogP contribution in [0.4, 0.5) is 0 Å². The fourth-order valence-corrected chi connectivity index (χ4v) is 6.62. The standard InChI is InChI=1S/C35H42ClNO4/c1-25-28(11-8-12-30(25)27-13-14-32-35(20-27)39-18-17-38-32)24-41-34-21-33(40-23-26-9-4-2-5-10-26)29(19-31(34)36)22-37-15-6-3-7-16-37/h8,11-14,19-21,26H,2-7,9-10,15-18,22-24H2,1H3.